The molecule has 1 saturated carbocycles. The second kappa shape index (κ2) is 6.29. The van der Waals surface area contributed by atoms with E-state index in [2.05, 4.69) is 53.2 Å². The van der Waals surface area contributed by atoms with Crippen molar-refractivity contribution in [3.05, 3.63) is 35.4 Å². The number of hydrogen-bond acceptors (Lipinski definition) is 3. The lowest BCUT2D eigenvalue weighted by molar-refractivity contribution is 0.277. The van der Waals surface area contributed by atoms with Gasteiger partial charge in [-0.3, -0.25) is 4.90 Å². The molecular weight excluding hydrogens is 252 g/mol. The molecule has 1 aliphatic heterocycles. The van der Waals surface area contributed by atoms with Gasteiger partial charge in [-0.2, -0.15) is 11.8 Å². The Labute approximate surface area is 121 Å². The molecule has 1 unspecified atom stereocenters. The van der Waals surface area contributed by atoms with E-state index >= 15 is 0 Å². The van der Waals surface area contributed by atoms with E-state index in [0.717, 1.165) is 24.4 Å². The predicted octanol–water partition coefficient (Wildman–Crippen LogP) is 2.88. The zero-order valence-electron chi connectivity index (χ0n) is 11.8. The first-order chi connectivity index (χ1) is 9.31. The average molecular weight is 276 g/mol. The van der Waals surface area contributed by atoms with Crippen LogP contribution in [0.3, 0.4) is 0 Å². The highest BCUT2D eigenvalue weighted by Crippen LogP contribution is 2.22. The summed E-state index contributed by atoms with van der Waals surface area (Å²) in [5.41, 5.74) is 3.00. The highest BCUT2D eigenvalue weighted by atomic mass is 32.2. The van der Waals surface area contributed by atoms with Crippen LogP contribution in [0.15, 0.2) is 24.3 Å². The number of benzene rings is 1. The molecule has 2 nitrogen and oxygen atoms in total. The highest BCUT2D eigenvalue weighted by molar-refractivity contribution is 7.99. The molecule has 104 valence electrons. The number of rotatable bonds is 5. The zero-order valence-corrected chi connectivity index (χ0v) is 12.6. The summed E-state index contributed by atoms with van der Waals surface area (Å²) in [5, 5.41) is 4.42. The van der Waals surface area contributed by atoms with Crippen LogP contribution in [0, 0.1) is 0 Å². The molecular formula is C16H24N2S. The Balaban J connectivity index is 1.61. The summed E-state index contributed by atoms with van der Waals surface area (Å²) >= 11 is 2.10. The lowest BCUT2D eigenvalue weighted by Crippen LogP contribution is -2.36. The van der Waals surface area contributed by atoms with Gasteiger partial charge in [0, 0.05) is 43.2 Å². The van der Waals surface area contributed by atoms with E-state index in [-0.39, 0.29) is 0 Å². The molecule has 1 atom stereocenters. The highest BCUT2D eigenvalue weighted by Gasteiger charge is 2.21. The molecule has 0 amide bonds. The summed E-state index contributed by atoms with van der Waals surface area (Å²) in [4.78, 5) is 2.61. The van der Waals surface area contributed by atoms with Crippen LogP contribution in [0.25, 0.3) is 0 Å². The topological polar surface area (TPSA) is 15.3 Å². The Hall–Kier alpha value is -0.510. The normalized spacial score (nSPS) is 24.6. The first-order valence-corrected chi connectivity index (χ1v) is 8.50. The molecule has 1 aliphatic carbocycles. The molecule has 1 aromatic rings. The van der Waals surface area contributed by atoms with Gasteiger partial charge >= 0.3 is 0 Å². The minimum atomic E-state index is 0.783. The summed E-state index contributed by atoms with van der Waals surface area (Å²) in [6, 6.07) is 9.73. The molecule has 0 radical (unpaired) electrons. The van der Waals surface area contributed by atoms with Crippen LogP contribution in [0.4, 0.5) is 0 Å². The fraction of sp³-hybridized carbons (Fsp3) is 0.625. The summed E-state index contributed by atoms with van der Waals surface area (Å²) < 4.78 is 0. The van der Waals surface area contributed by atoms with Crippen molar-refractivity contribution in [3.63, 3.8) is 0 Å². The predicted molar refractivity (Wildman–Crippen MR) is 83.5 cm³/mol. The maximum atomic E-state index is 3.64. The van der Waals surface area contributed by atoms with E-state index in [1.807, 2.05) is 0 Å². The van der Waals surface area contributed by atoms with E-state index < -0.39 is 0 Å². The molecule has 3 rings (SSSR count). The fourth-order valence-electron chi connectivity index (χ4n) is 2.70. The Morgan fingerprint density at radius 1 is 1.26 bits per heavy atom. The number of thioether (sulfide) groups is 1. The minimum absolute atomic E-state index is 0.783. The van der Waals surface area contributed by atoms with Gasteiger partial charge in [0.05, 0.1) is 0 Å². The molecule has 0 bridgehead atoms. The van der Waals surface area contributed by atoms with Gasteiger partial charge in [0.1, 0.15) is 0 Å². The quantitative estimate of drug-likeness (QED) is 0.890. The van der Waals surface area contributed by atoms with Crippen molar-refractivity contribution in [2.24, 2.45) is 0 Å². The monoisotopic (exact) mass is 276 g/mol. The van der Waals surface area contributed by atoms with Gasteiger partial charge in [0.25, 0.3) is 0 Å². The fourth-order valence-corrected chi connectivity index (χ4v) is 3.78. The zero-order chi connectivity index (χ0) is 13.1. The summed E-state index contributed by atoms with van der Waals surface area (Å²) in [7, 11) is 0. The molecule has 1 saturated heterocycles. The molecule has 1 aromatic carbocycles. The number of nitrogens with one attached hydrogen (secondary N) is 1. The third kappa shape index (κ3) is 3.98. The van der Waals surface area contributed by atoms with Crippen LogP contribution in [0.5, 0.6) is 0 Å². The van der Waals surface area contributed by atoms with E-state index in [1.165, 1.54) is 42.8 Å². The van der Waals surface area contributed by atoms with Gasteiger partial charge in [-0.1, -0.05) is 31.2 Å². The van der Waals surface area contributed by atoms with Crippen LogP contribution in [0.2, 0.25) is 0 Å². The van der Waals surface area contributed by atoms with Gasteiger partial charge < -0.3 is 5.32 Å². The third-order valence-electron chi connectivity index (χ3n) is 4.00. The first-order valence-electron chi connectivity index (χ1n) is 7.45. The summed E-state index contributed by atoms with van der Waals surface area (Å²) in [5.74, 6) is 1.28. The summed E-state index contributed by atoms with van der Waals surface area (Å²) in [6.45, 7) is 6.97. The minimum Gasteiger partial charge on any atom is -0.310 e. The van der Waals surface area contributed by atoms with Crippen molar-refractivity contribution in [2.75, 3.05) is 18.8 Å². The standard InChI is InChI=1S/C16H24N2S/c1-13-11-18(8-9-19-13)12-15-5-3-2-4-14(15)10-17-16-6-7-16/h2-5,13,16-17H,6-12H2,1H3. The van der Waals surface area contributed by atoms with Gasteiger partial charge in [-0.25, -0.2) is 0 Å². The Morgan fingerprint density at radius 2 is 2.05 bits per heavy atom. The van der Waals surface area contributed by atoms with E-state index in [4.69, 9.17) is 0 Å². The van der Waals surface area contributed by atoms with Crippen LogP contribution in [0.1, 0.15) is 30.9 Å². The molecule has 2 aliphatic rings. The van der Waals surface area contributed by atoms with Crippen molar-refractivity contribution < 1.29 is 0 Å². The molecule has 0 spiro atoms. The molecule has 1 N–H and O–H groups in total. The average Bonchev–Trinajstić information content (AvgIpc) is 3.22. The third-order valence-corrected chi connectivity index (χ3v) is 5.13. The lowest BCUT2D eigenvalue weighted by Gasteiger charge is -2.31. The van der Waals surface area contributed by atoms with Crippen molar-refractivity contribution in [2.45, 2.75) is 44.1 Å². The van der Waals surface area contributed by atoms with Crippen LogP contribution >= 0.6 is 11.8 Å². The van der Waals surface area contributed by atoms with Gasteiger partial charge in [0.15, 0.2) is 0 Å². The molecule has 3 heteroatoms. The van der Waals surface area contributed by atoms with Crippen LogP contribution < -0.4 is 5.32 Å². The Bertz CT molecular complexity index is 417. The van der Waals surface area contributed by atoms with Crippen molar-refractivity contribution in [1.82, 2.24) is 10.2 Å². The molecule has 1 heterocycles. The van der Waals surface area contributed by atoms with Crippen molar-refractivity contribution in [3.8, 4) is 0 Å². The first kappa shape index (κ1) is 13.5. The molecule has 2 fully saturated rings. The maximum absolute atomic E-state index is 3.64. The van der Waals surface area contributed by atoms with E-state index in [9.17, 15) is 0 Å². The summed E-state index contributed by atoms with van der Waals surface area (Å²) in [6.07, 6.45) is 2.73. The van der Waals surface area contributed by atoms with Crippen LogP contribution in [-0.2, 0) is 13.1 Å². The second-order valence-electron chi connectivity index (χ2n) is 5.84. The number of hydrogen-bond donors (Lipinski definition) is 1. The smallest absolute Gasteiger partial charge is 0.0237 e. The second-order valence-corrected chi connectivity index (χ2v) is 7.39. The Kier molecular flexibility index (Phi) is 4.46. The number of nitrogens with zero attached hydrogens (tertiary/aromatic N) is 1. The lowest BCUT2D eigenvalue weighted by atomic mass is 10.1. The molecule has 19 heavy (non-hydrogen) atoms. The maximum Gasteiger partial charge on any atom is 0.0237 e. The van der Waals surface area contributed by atoms with Gasteiger partial charge in [-0.15, -0.1) is 0 Å². The molecule has 0 aromatic heterocycles. The van der Waals surface area contributed by atoms with E-state index in [0.29, 0.717) is 0 Å². The van der Waals surface area contributed by atoms with E-state index in [1.54, 1.807) is 0 Å². The van der Waals surface area contributed by atoms with Gasteiger partial charge in [-0.05, 0) is 24.0 Å². The Morgan fingerprint density at radius 3 is 2.79 bits per heavy atom. The van der Waals surface area contributed by atoms with Crippen molar-refractivity contribution >= 4 is 11.8 Å². The largest absolute Gasteiger partial charge is 0.310 e. The SMILES string of the molecule is CC1CN(Cc2ccccc2CNC2CC2)CCS1. The van der Waals surface area contributed by atoms with Gasteiger partial charge in [0.2, 0.25) is 0 Å². The van der Waals surface area contributed by atoms with Crippen molar-refractivity contribution in [1.29, 1.82) is 0 Å². The van der Waals surface area contributed by atoms with Crippen LogP contribution in [-0.4, -0.2) is 35.0 Å².